The van der Waals surface area contributed by atoms with Crippen LogP contribution in [0, 0.1) is 0 Å². The SMILES string of the molecule is CCc1ccc2c(OC(C)COC)c3ccccc3c(OC(C)COC)c2c1. The number of aryl methyl sites for hydroxylation is 1. The Kier molecular flexibility index (Phi) is 6.76. The first-order valence-electron chi connectivity index (χ1n) is 9.87. The van der Waals surface area contributed by atoms with Gasteiger partial charge < -0.3 is 18.9 Å². The molecule has 0 aliphatic heterocycles. The van der Waals surface area contributed by atoms with E-state index in [1.54, 1.807) is 14.2 Å². The highest BCUT2D eigenvalue weighted by atomic mass is 16.5. The van der Waals surface area contributed by atoms with Gasteiger partial charge in [-0.3, -0.25) is 0 Å². The lowest BCUT2D eigenvalue weighted by Gasteiger charge is -2.22. The van der Waals surface area contributed by atoms with Gasteiger partial charge in [-0.05, 0) is 31.9 Å². The second-order valence-electron chi connectivity index (χ2n) is 7.20. The first-order chi connectivity index (χ1) is 13.6. The van der Waals surface area contributed by atoms with Gasteiger partial charge >= 0.3 is 0 Å². The van der Waals surface area contributed by atoms with Crippen LogP contribution in [-0.2, 0) is 15.9 Å². The summed E-state index contributed by atoms with van der Waals surface area (Å²) in [6.45, 7) is 7.28. The third-order valence-corrected chi connectivity index (χ3v) is 4.84. The van der Waals surface area contributed by atoms with E-state index in [1.807, 2.05) is 26.0 Å². The van der Waals surface area contributed by atoms with Crippen molar-refractivity contribution >= 4 is 21.5 Å². The molecule has 0 bridgehead atoms. The average molecular weight is 383 g/mol. The first-order valence-corrected chi connectivity index (χ1v) is 9.87. The van der Waals surface area contributed by atoms with Crippen molar-refractivity contribution in [3.63, 3.8) is 0 Å². The van der Waals surface area contributed by atoms with Gasteiger partial charge in [0.15, 0.2) is 0 Å². The molecule has 0 saturated carbocycles. The van der Waals surface area contributed by atoms with Gasteiger partial charge in [-0.1, -0.05) is 43.3 Å². The van der Waals surface area contributed by atoms with Crippen molar-refractivity contribution < 1.29 is 18.9 Å². The average Bonchev–Trinajstić information content (AvgIpc) is 2.70. The number of methoxy groups -OCH3 is 2. The summed E-state index contributed by atoms with van der Waals surface area (Å²) in [7, 11) is 3.39. The molecule has 0 fully saturated rings. The number of ether oxygens (including phenoxy) is 4. The molecule has 4 heteroatoms. The molecule has 4 nitrogen and oxygen atoms in total. The van der Waals surface area contributed by atoms with Gasteiger partial charge in [-0.2, -0.15) is 0 Å². The fourth-order valence-corrected chi connectivity index (χ4v) is 3.56. The Balaban J connectivity index is 2.27. The molecule has 0 radical (unpaired) electrons. The van der Waals surface area contributed by atoms with Crippen LogP contribution in [0.3, 0.4) is 0 Å². The van der Waals surface area contributed by atoms with Crippen molar-refractivity contribution in [2.24, 2.45) is 0 Å². The summed E-state index contributed by atoms with van der Waals surface area (Å²) in [4.78, 5) is 0. The zero-order chi connectivity index (χ0) is 20.1. The Morgan fingerprint density at radius 1 is 0.714 bits per heavy atom. The van der Waals surface area contributed by atoms with E-state index >= 15 is 0 Å². The maximum absolute atomic E-state index is 6.38. The predicted molar refractivity (Wildman–Crippen MR) is 115 cm³/mol. The second kappa shape index (κ2) is 9.26. The van der Waals surface area contributed by atoms with Gasteiger partial charge in [0.05, 0.1) is 13.2 Å². The lowest BCUT2D eigenvalue weighted by atomic mass is 9.98. The quantitative estimate of drug-likeness (QED) is 0.466. The fraction of sp³-hybridized carbons (Fsp3) is 0.417. The first kappa shape index (κ1) is 20.4. The fourth-order valence-electron chi connectivity index (χ4n) is 3.56. The lowest BCUT2D eigenvalue weighted by molar-refractivity contribution is 0.0926. The molecule has 3 rings (SSSR count). The van der Waals surface area contributed by atoms with Crippen LogP contribution in [0.25, 0.3) is 21.5 Å². The van der Waals surface area contributed by atoms with Crippen molar-refractivity contribution in [1.29, 1.82) is 0 Å². The van der Waals surface area contributed by atoms with Crippen molar-refractivity contribution in [2.45, 2.75) is 39.4 Å². The molecule has 0 aromatic heterocycles. The maximum Gasteiger partial charge on any atom is 0.135 e. The summed E-state index contributed by atoms with van der Waals surface area (Å²) in [5, 5.41) is 4.21. The molecule has 0 heterocycles. The monoisotopic (exact) mass is 382 g/mol. The van der Waals surface area contributed by atoms with Gasteiger partial charge in [0.2, 0.25) is 0 Å². The summed E-state index contributed by atoms with van der Waals surface area (Å²) >= 11 is 0. The maximum atomic E-state index is 6.38. The Labute approximate surface area is 167 Å². The second-order valence-corrected chi connectivity index (χ2v) is 7.20. The Bertz CT molecular complexity index is 935. The summed E-state index contributed by atoms with van der Waals surface area (Å²) < 4.78 is 23.3. The van der Waals surface area contributed by atoms with Gasteiger partial charge in [-0.25, -0.2) is 0 Å². The van der Waals surface area contributed by atoms with Crippen LogP contribution in [0.1, 0.15) is 26.3 Å². The van der Waals surface area contributed by atoms with Crippen LogP contribution in [0.15, 0.2) is 42.5 Å². The van der Waals surface area contributed by atoms with E-state index in [9.17, 15) is 0 Å². The van der Waals surface area contributed by atoms with Crippen LogP contribution < -0.4 is 9.47 Å². The Morgan fingerprint density at radius 3 is 1.71 bits per heavy atom. The normalized spacial score (nSPS) is 13.6. The smallest absolute Gasteiger partial charge is 0.135 e. The largest absolute Gasteiger partial charge is 0.487 e. The molecule has 0 saturated heterocycles. The zero-order valence-corrected chi connectivity index (χ0v) is 17.5. The Morgan fingerprint density at radius 2 is 1.21 bits per heavy atom. The molecule has 0 N–H and O–H groups in total. The van der Waals surface area contributed by atoms with Crippen molar-refractivity contribution in [3.8, 4) is 11.5 Å². The minimum atomic E-state index is -0.0546. The summed E-state index contributed by atoms with van der Waals surface area (Å²) in [6.07, 6.45) is 0.856. The summed E-state index contributed by atoms with van der Waals surface area (Å²) in [5.74, 6) is 1.77. The zero-order valence-electron chi connectivity index (χ0n) is 17.5. The topological polar surface area (TPSA) is 36.9 Å². The summed E-state index contributed by atoms with van der Waals surface area (Å²) in [6, 6.07) is 14.8. The number of hydrogen-bond donors (Lipinski definition) is 0. The molecule has 2 unspecified atom stereocenters. The molecular weight excluding hydrogens is 352 g/mol. The minimum Gasteiger partial charge on any atom is -0.487 e. The van der Waals surface area contributed by atoms with Gasteiger partial charge in [0.25, 0.3) is 0 Å². The van der Waals surface area contributed by atoms with E-state index in [2.05, 4.69) is 37.3 Å². The van der Waals surface area contributed by atoms with Crippen LogP contribution in [0.2, 0.25) is 0 Å². The van der Waals surface area contributed by atoms with Gasteiger partial charge in [0.1, 0.15) is 23.7 Å². The van der Waals surface area contributed by atoms with Crippen LogP contribution in [0.4, 0.5) is 0 Å². The number of hydrogen-bond acceptors (Lipinski definition) is 4. The van der Waals surface area contributed by atoms with Crippen molar-refractivity contribution in [3.05, 3.63) is 48.0 Å². The molecular formula is C24H30O4. The summed E-state index contributed by atoms with van der Waals surface area (Å²) in [5.41, 5.74) is 1.27. The molecule has 0 spiro atoms. The third-order valence-electron chi connectivity index (χ3n) is 4.84. The molecule has 28 heavy (non-hydrogen) atoms. The highest BCUT2D eigenvalue weighted by Gasteiger charge is 2.19. The highest BCUT2D eigenvalue weighted by molar-refractivity contribution is 6.11. The van der Waals surface area contributed by atoms with E-state index in [0.717, 1.165) is 39.5 Å². The van der Waals surface area contributed by atoms with E-state index in [1.165, 1.54) is 5.56 Å². The predicted octanol–water partition coefficient (Wildman–Crippen LogP) is 5.38. The number of benzene rings is 3. The molecule has 3 aromatic carbocycles. The van der Waals surface area contributed by atoms with Crippen LogP contribution in [0.5, 0.6) is 11.5 Å². The van der Waals surface area contributed by atoms with Crippen LogP contribution >= 0.6 is 0 Å². The van der Waals surface area contributed by atoms with Crippen molar-refractivity contribution in [1.82, 2.24) is 0 Å². The van der Waals surface area contributed by atoms with Crippen molar-refractivity contribution in [2.75, 3.05) is 27.4 Å². The van der Waals surface area contributed by atoms with E-state index in [0.29, 0.717) is 13.2 Å². The molecule has 0 aliphatic rings. The van der Waals surface area contributed by atoms with Gasteiger partial charge in [0, 0.05) is 35.8 Å². The van der Waals surface area contributed by atoms with E-state index < -0.39 is 0 Å². The standard InChI is InChI=1S/C24H30O4/c1-6-18-11-12-21-22(13-18)24(28-17(3)15-26-5)20-10-8-7-9-19(20)23(21)27-16(2)14-25-4/h7-13,16-17H,6,14-15H2,1-5H3. The Hall–Kier alpha value is -2.30. The van der Waals surface area contributed by atoms with E-state index in [-0.39, 0.29) is 12.2 Å². The van der Waals surface area contributed by atoms with E-state index in [4.69, 9.17) is 18.9 Å². The molecule has 150 valence electrons. The number of rotatable bonds is 9. The highest BCUT2D eigenvalue weighted by Crippen LogP contribution is 2.43. The number of fused-ring (bicyclic) bond motifs is 2. The molecule has 3 aromatic rings. The lowest BCUT2D eigenvalue weighted by Crippen LogP contribution is -2.19. The molecule has 0 aliphatic carbocycles. The third kappa shape index (κ3) is 4.23. The minimum absolute atomic E-state index is 0.0540. The van der Waals surface area contributed by atoms with Gasteiger partial charge in [-0.15, -0.1) is 0 Å². The molecule has 2 atom stereocenters. The molecule has 0 amide bonds. The van der Waals surface area contributed by atoms with Crippen LogP contribution in [-0.4, -0.2) is 39.6 Å².